The predicted octanol–water partition coefficient (Wildman–Crippen LogP) is 4.11. The molecule has 0 aliphatic heterocycles. The van der Waals surface area contributed by atoms with E-state index >= 15 is 0 Å². The van der Waals surface area contributed by atoms with Crippen LogP contribution in [0.15, 0.2) is 48.5 Å². The number of carbonyl (C=O) groups is 2. The minimum absolute atomic E-state index is 0.0110. The monoisotopic (exact) mass is 378 g/mol. The van der Waals surface area contributed by atoms with E-state index in [0.29, 0.717) is 25.1 Å². The van der Waals surface area contributed by atoms with Crippen molar-refractivity contribution >= 4 is 28.5 Å². The van der Waals surface area contributed by atoms with Crippen LogP contribution in [0, 0.1) is 5.41 Å². The van der Waals surface area contributed by atoms with Gasteiger partial charge in [0.25, 0.3) is 0 Å². The molecule has 3 rings (SSSR count). The Morgan fingerprint density at radius 3 is 2.50 bits per heavy atom. The molecule has 0 radical (unpaired) electrons. The molecule has 0 aliphatic rings. The lowest BCUT2D eigenvalue weighted by Crippen LogP contribution is -2.35. The van der Waals surface area contributed by atoms with Gasteiger partial charge in [-0.2, -0.15) is 0 Å². The van der Waals surface area contributed by atoms with E-state index in [9.17, 15) is 9.59 Å². The standard InChI is InChI=1S/C22H26N4O2/c1-22(2,3)21(28)23-14-8-13-19(27)24-16-10-5-4-9-15(16)20-25-17-11-6-7-12-18(17)26-20/h4-7,9-12H,8,13-14H2,1-3H3,(H,23,28)(H,24,27)(H,25,26). The second-order valence-electron chi connectivity index (χ2n) is 7.81. The lowest BCUT2D eigenvalue weighted by Gasteiger charge is -2.17. The van der Waals surface area contributed by atoms with Crippen molar-refractivity contribution in [3.63, 3.8) is 0 Å². The largest absolute Gasteiger partial charge is 0.356 e. The molecule has 0 fully saturated rings. The lowest BCUT2D eigenvalue weighted by molar-refractivity contribution is -0.128. The van der Waals surface area contributed by atoms with Crippen LogP contribution in [0.5, 0.6) is 0 Å². The molecule has 0 saturated heterocycles. The Morgan fingerprint density at radius 1 is 1.04 bits per heavy atom. The van der Waals surface area contributed by atoms with Crippen LogP contribution in [-0.4, -0.2) is 28.3 Å². The molecule has 0 saturated carbocycles. The average Bonchev–Trinajstić information content (AvgIpc) is 3.08. The fourth-order valence-electron chi connectivity index (χ4n) is 2.81. The first-order valence-electron chi connectivity index (χ1n) is 9.47. The molecule has 2 amide bonds. The summed E-state index contributed by atoms with van der Waals surface area (Å²) in [7, 11) is 0. The number of benzene rings is 2. The topological polar surface area (TPSA) is 86.9 Å². The number of rotatable bonds is 6. The molecule has 2 aromatic carbocycles. The number of nitrogens with zero attached hydrogens (tertiary/aromatic N) is 1. The molecule has 0 spiro atoms. The van der Waals surface area contributed by atoms with Crippen molar-refractivity contribution < 1.29 is 9.59 Å². The van der Waals surface area contributed by atoms with Crippen molar-refractivity contribution in [2.45, 2.75) is 33.6 Å². The molecule has 28 heavy (non-hydrogen) atoms. The van der Waals surface area contributed by atoms with Gasteiger partial charge in [0.1, 0.15) is 5.82 Å². The predicted molar refractivity (Wildman–Crippen MR) is 112 cm³/mol. The SMILES string of the molecule is CC(C)(C)C(=O)NCCCC(=O)Nc1ccccc1-c1nc2ccccc2[nH]1. The van der Waals surface area contributed by atoms with Gasteiger partial charge in [-0.1, -0.05) is 45.0 Å². The highest BCUT2D eigenvalue weighted by Gasteiger charge is 2.20. The summed E-state index contributed by atoms with van der Waals surface area (Å²) in [6, 6.07) is 15.4. The zero-order valence-electron chi connectivity index (χ0n) is 16.5. The van der Waals surface area contributed by atoms with Crippen molar-refractivity contribution in [3.8, 4) is 11.4 Å². The third-order valence-electron chi connectivity index (χ3n) is 4.39. The van der Waals surface area contributed by atoms with E-state index in [1.54, 1.807) is 0 Å². The second kappa shape index (κ2) is 8.25. The number of nitrogens with one attached hydrogen (secondary N) is 3. The number of anilines is 1. The number of imidazole rings is 1. The maximum absolute atomic E-state index is 12.4. The number of para-hydroxylation sites is 3. The Morgan fingerprint density at radius 2 is 1.75 bits per heavy atom. The molecule has 1 aromatic heterocycles. The molecule has 3 N–H and O–H groups in total. The van der Waals surface area contributed by atoms with Gasteiger partial charge < -0.3 is 15.6 Å². The normalized spacial score (nSPS) is 11.4. The quantitative estimate of drug-likeness (QED) is 0.564. The van der Waals surface area contributed by atoms with E-state index < -0.39 is 5.41 Å². The van der Waals surface area contributed by atoms with Crippen LogP contribution in [0.25, 0.3) is 22.4 Å². The molecule has 6 nitrogen and oxygen atoms in total. The maximum atomic E-state index is 12.4. The number of H-pyrrole nitrogens is 1. The molecule has 0 atom stereocenters. The van der Waals surface area contributed by atoms with Crippen molar-refractivity contribution in [1.82, 2.24) is 15.3 Å². The number of amides is 2. The van der Waals surface area contributed by atoms with Crippen LogP contribution >= 0.6 is 0 Å². The summed E-state index contributed by atoms with van der Waals surface area (Å²) in [5.41, 5.74) is 2.97. The van der Waals surface area contributed by atoms with Gasteiger partial charge in [0.2, 0.25) is 11.8 Å². The third kappa shape index (κ3) is 4.76. The van der Waals surface area contributed by atoms with Gasteiger partial charge in [0, 0.05) is 23.9 Å². The van der Waals surface area contributed by atoms with E-state index in [2.05, 4.69) is 20.6 Å². The molecule has 3 aromatic rings. The van der Waals surface area contributed by atoms with Gasteiger partial charge >= 0.3 is 0 Å². The van der Waals surface area contributed by atoms with E-state index in [0.717, 1.165) is 22.4 Å². The Balaban J connectivity index is 1.62. The third-order valence-corrected chi connectivity index (χ3v) is 4.39. The highest BCUT2D eigenvalue weighted by molar-refractivity contribution is 5.95. The molecule has 0 aliphatic carbocycles. The summed E-state index contributed by atoms with van der Waals surface area (Å²) in [5.74, 6) is 0.617. The van der Waals surface area contributed by atoms with Gasteiger partial charge in [-0.25, -0.2) is 4.98 Å². The van der Waals surface area contributed by atoms with Gasteiger partial charge in [0.05, 0.1) is 16.7 Å². The Hall–Kier alpha value is -3.15. The first kappa shape index (κ1) is 19.6. The van der Waals surface area contributed by atoms with Crippen LogP contribution in [-0.2, 0) is 9.59 Å². The highest BCUT2D eigenvalue weighted by atomic mass is 16.2. The summed E-state index contributed by atoms with van der Waals surface area (Å²) in [4.78, 5) is 32.1. The number of aromatic nitrogens is 2. The van der Waals surface area contributed by atoms with Gasteiger partial charge in [-0.05, 0) is 30.7 Å². The molecule has 0 bridgehead atoms. The van der Waals surface area contributed by atoms with Crippen LogP contribution in [0.4, 0.5) is 5.69 Å². The second-order valence-corrected chi connectivity index (χ2v) is 7.81. The number of carbonyl (C=O) groups excluding carboxylic acids is 2. The highest BCUT2D eigenvalue weighted by Crippen LogP contribution is 2.27. The minimum atomic E-state index is -0.423. The van der Waals surface area contributed by atoms with E-state index in [1.807, 2.05) is 69.3 Å². The zero-order chi connectivity index (χ0) is 20.1. The van der Waals surface area contributed by atoms with Crippen LogP contribution in [0.3, 0.4) is 0 Å². The van der Waals surface area contributed by atoms with E-state index in [1.165, 1.54) is 0 Å². The molecule has 1 heterocycles. The molecule has 146 valence electrons. The fourth-order valence-corrected chi connectivity index (χ4v) is 2.81. The Bertz CT molecular complexity index is 952. The van der Waals surface area contributed by atoms with Crippen molar-refractivity contribution in [2.24, 2.45) is 5.41 Å². The fraction of sp³-hybridized carbons (Fsp3) is 0.318. The molecule has 6 heteroatoms. The van der Waals surface area contributed by atoms with Crippen LogP contribution < -0.4 is 10.6 Å². The van der Waals surface area contributed by atoms with Crippen molar-refractivity contribution in [1.29, 1.82) is 0 Å². The van der Waals surface area contributed by atoms with Gasteiger partial charge in [-0.3, -0.25) is 9.59 Å². The molecular weight excluding hydrogens is 352 g/mol. The minimum Gasteiger partial charge on any atom is -0.356 e. The van der Waals surface area contributed by atoms with Crippen LogP contribution in [0.2, 0.25) is 0 Å². The van der Waals surface area contributed by atoms with E-state index in [4.69, 9.17) is 0 Å². The Labute approximate surface area is 164 Å². The zero-order valence-corrected chi connectivity index (χ0v) is 16.5. The van der Waals surface area contributed by atoms with Crippen molar-refractivity contribution in [3.05, 3.63) is 48.5 Å². The summed E-state index contributed by atoms with van der Waals surface area (Å²) >= 11 is 0. The summed E-state index contributed by atoms with van der Waals surface area (Å²) in [6.07, 6.45) is 0.916. The maximum Gasteiger partial charge on any atom is 0.225 e. The summed E-state index contributed by atoms with van der Waals surface area (Å²) in [6.45, 7) is 6.08. The summed E-state index contributed by atoms with van der Waals surface area (Å²) < 4.78 is 0. The first-order valence-corrected chi connectivity index (χ1v) is 9.47. The number of fused-ring (bicyclic) bond motifs is 1. The number of hydrogen-bond donors (Lipinski definition) is 3. The van der Waals surface area contributed by atoms with Crippen LogP contribution in [0.1, 0.15) is 33.6 Å². The number of hydrogen-bond acceptors (Lipinski definition) is 3. The first-order chi connectivity index (χ1) is 13.3. The molecular formula is C22H26N4O2. The lowest BCUT2D eigenvalue weighted by atomic mass is 9.96. The summed E-state index contributed by atoms with van der Waals surface area (Å²) in [5, 5.41) is 5.82. The smallest absolute Gasteiger partial charge is 0.225 e. The Kier molecular flexibility index (Phi) is 5.78. The number of aromatic amines is 1. The van der Waals surface area contributed by atoms with Gasteiger partial charge in [-0.15, -0.1) is 0 Å². The van der Waals surface area contributed by atoms with Crippen molar-refractivity contribution in [2.75, 3.05) is 11.9 Å². The van der Waals surface area contributed by atoms with Gasteiger partial charge in [0.15, 0.2) is 0 Å². The molecule has 0 unspecified atom stereocenters. The van der Waals surface area contributed by atoms with E-state index in [-0.39, 0.29) is 11.8 Å². The average molecular weight is 378 g/mol.